The summed E-state index contributed by atoms with van der Waals surface area (Å²) in [6, 6.07) is 24.5. The number of nitriles is 2. The third-order valence-electron chi connectivity index (χ3n) is 6.67. The Balaban J connectivity index is 2.02. The molecule has 0 bridgehead atoms. The van der Waals surface area contributed by atoms with Gasteiger partial charge < -0.3 is 5.32 Å². The number of hydrogen-bond acceptors (Lipinski definition) is 3. The summed E-state index contributed by atoms with van der Waals surface area (Å²) < 4.78 is 41.3. The zero-order valence-corrected chi connectivity index (χ0v) is 23.1. The molecule has 3 atom stereocenters. The Morgan fingerprint density at radius 1 is 0.892 bits per heavy atom. The van der Waals surface area contributed by atoms with E-state index in [1.165, 1.54) is 11.6 Å². The molecule has 1 unspecified atom stereocenters. The third kappa shape index (κ3) is 7.34. The van der Waals surface area contributed by atoms with Crippen molar-refractivity contribution < 1.29 is 13.2 Å². The first kappa shape index (κ1) is 28.7. The second-order valence-corrected chi connectivity index (χ2v) is 10.6. The second-order valence-electron chi connectivity index (χ2n) is 9.84. The van der Waals surface area contributed by atoms with Gasteiger partial charge in [-0.05, 0) is 73.7 Å². The van der Waals surface area contributed by atoms with Crippen LogP contribution in [0.1, 0.15) is 66.1 Å². The van der Waals surface area contributed by atoms with Gasteiger partial charge in [-0.25, -0.2) is 0 Å². The zero-order chi connectivity index (χ0) is 27.2. The maximum Gasteiger partial charge on any atom is 0.416 e. The number of alkyl halides is 4. The molecule has 0 radical (unpaired) electrons. The average molecular weight is 615 g/mol. The van der Waals surface area contributed by atoms with E-state index in [1.54, 1.807) is 26.0 Å². The van der Waals surface area contributed by atoms with Crippen LogP contribution in [0.5, 0.6) is 0 Å². The van der Waals surface area contributed by atoms with Gasteiger partial charge in [0.2, 0.25) is 0 Å². The standard InChI is InChI=1S/C30H29F3IN3/c1-20(37-28(29(2,3)19-36)25-8-5-9-26(16-25)30(31,32)33)27(24-7-4-6-23(14-24)18-35)15-21-10-12-22(17-34)13-11-21/h4-14,16,20,27-28,37H,15,17H2,1-3H3/t20-,27+,28?/m0/s1. The van der Waals surface area contributed by atoms with Gasteiger partial charge in [0.25, 0.3) is 0 Å². The van der Waals surface area contributed by atoms with E-state index in [1.807, 2.05) is 25.1 Å². The molecule has 192 valence electrons. The summed E-state index contributed by atoms with van der Waals surface area (Å²) in [4.78, 5) is 0. The molecule has 3 aromatic carbocycles. The largest absolute Gasteiger partial charge is 0.416 e. The minimum atomic E-state index is -4.48. The molecule has 3 nitrogen and oxygen atoms in total. The highest BCUT2D eigenvalue weighted by atomic mass is 127. The Labute approximate surface area is 230 Å². The summed E-state index contributed by atoms with van der Waals surface area (Å²) in [5.41, 5.74) is 2.51. The Bertz CT molecular complexity index is 1290. The van der Waals surface area contributed by atoms with Crippen LogP contribution in [0.15, 0.2) is 72.8 Å². The molecule has 0 spiro atoms. The van der Waals surface area contributed by atoms with E-state index in [0.29, 0.717) is 17.5 Å². The van der Waals surface area contributed by atoms with Crippen LogP contribution in [0.2, 0.25) is 0 Å². The molecule has 0 aliphatic carbocycles. The van der Waals surface area contributed by atoms with Gasteiger partial charge in [0.1, 0.15) is 0 Å². The van der Waals surface area contributed by atoms with Crippen molar-refractivity contribution in [3.05, 3.63) is 106 Å². The topological polar surface area (TPSA) is 59.6 Å². The first-order valence-corrected chi connectivity index (χ1v) is 13.5. The molecule has 0 aromatic heterocycles. The molecule has 0 saturated heterocycles. The summed E-state index contributed by atoms with van der Waals surface area (Å²) >= 11 is 2.32. The lowest BCUT2D eigenvalue weighted by Gasteiger charge is -2.36. The van der Waals surface area contributed by atoms with Gasteiger partial charge in [-0.15, -0.1) is 0 Å². The normalized spacial score (nSPS) is 14.3. The fourth-order valence-corrected chi connectivity index (χ4v) is 5.01. The van der Waals surface area contributed by atoms with Gasteiger partial charge in [-0.2, -0.15) is 23.7 Å². The van der Waals surface area contributed by atoms with Crippen LogP contribution in [-0.4, -0.2) is 6.04 Å². The van der Waals surface area contributed by atoms with Gasteiger partial charge in [0.05, 0.1) is 34.7 Å². The van der Waals surface area contributed by atoms with Gasteiger partial charge in [-0.1, -0.05) is 71.1 Å². The van der Waals surface area contributed by atoms with Crippen LogP contribution in [0, 0.1) is 28.1 Å². The van der Waals surface area contributed by atoms with E-state index in [9.17, 15) is 23.7 Å². The van der Waals surface area contributed by atoms with E-state index in [2.05, 4.69) is 64.3 Å². The first-order valence-electron chi connectivity index (χ1n) is 12.0. The van der Waals surface area contributed by atoms with Crippen LogP contribution in [0.25, 0.3) is 0 Å². The minimum Gasteiger partial charge on any atom is -0.305 e. The zero-order valence-electron chi connectivity index (χ0n) is 21.0. The molecule has 0 heterocycles. The van der Waals surface area contributed by atoms with Crippen molar-refractivity contribution in [2.75, 3.05) is 0 Å². The molecule has 0 saturated carbocycles. The molecule has 3 rings (SSSR count). The monoisotopic (exact) mass is 615 g/mol. The average Bonchev–Trinajstić information content (AvgIpc) is 2.90. The number of nitrogens with one attached hydrogen (secondary N) is 1. The van der Waals surface area contributed by atoms with Crippen LogP contribution in [0.4, 0.5) is 13.2 Å². The lowest BCUT2D eigenvalue weighted by molar-refractivity contribution is -0.137. The fraction of sp³-hybridized carbons (Fsp3) is 0.333. The van der Waals surface area contributed by atoms with E-state index < -0.39 is 23.2 Å². The summed E-state index contributed by atoms with van der Waals surface area (Å²) in [5.74, 6) is -0.0958. The molecular weight excluding hydrogens is 586 g/mol. The smallest absolute Gasteiger partial charge is 0.305 e. The predicted molar refractivity (Wildman–Crippen MR) is 148 cm³/mol. The Hall–Kier alpha value is -2.88. The molecule has 7 heteroatoms. The number of rotatable bonds is 9. The summed E-state index contributed by atoms with van der Waals surface area (Å²) in [6.45, 7) is 5.44. The fourth-order valence-electron chi connectivity index (χ4n) is 4.50. The van der Waals surface area contributed by atoms with Crippen LogP contribution in [-0.2, 0) is 17.0 Å². The predicted octanol–water partition coefficient (Wildman–Crippen LogP) is 8.11. The molecule has 0 fully saturated rings. The van der Waals surface area contributed by atoms with Crippen LogP contribution >= 0.6 is 22.6 Å². The molecule has 0 aliphatic rings. The highest BCUT2D eigenvalue weighted by Gasteiger charge is 2.36. The third-order valence-corrected chi connectivity index (χ3v) is 7.55. The van der Waals surface area contributed by atoms with Crippen molar-refractivity contribution >= 4 is 22.6 Å². The quantitative estimate of drug-likeness (QED) is 0.196. The summed E-state index contributed by atoms with van der Waals surface area (Å²) in [5, 5.41) is 22.9. The highest BCUT2D eigenvalue weighted by Crippen LogP contribution is 2.38. The number of halogens is 4. The van der Waals surface area contributed by atoms with Crippen LogP contribution in [0.3, 0.4) is 0 Å². The summed E-state index contributed by atoms with van der Waals surface area (Å²) in [7, 11) is 0. The molecule has 0 aliphatic heterocycles. The maximum atomic E-state index is 13.5. The molecule has 37 heavy (non-hydrogen) atoms. The second kappa shape index (κ2) is 12.1. The maximum absolute atomic E-state index is 13.5. The number of benzene rings is 3. The first-order chi connectivity index (χ1) is 17.5. The van der Waals surface area contributed by atoms with Crippen molar-refractivity contribution in [3.8, 4) is 12.1 Å². The van der Waals surface area contributed by atoms with Crippen molar-refractivity contribution in [3.63, 3.8) is 0 Å². The van der Waals surface area contributed by atoms with Gasteiger partial charge in [-0.3, -0.25) is 0 Å². The Morgan fingerprint density at radius 2 is 1.51 bits per heavy atom. The lowest BCUT2D eigenvalue weighted by atomic mass is 9.79. The lowest BCUT2D eigenvalue weighted by Crippen LogP contribution is -2.42. The van der Waals surface area contributed by atoms with Gasteiger partial charge in [0.15, 0.2) is 0 Å². The molecule has 3 aromatic rings. The van der Waals surface area contributed by atoms with Crippen molar-refractivity contribution in [1.82, 2.24) is 5.32 Å². The molecule has 0 amide bonds. The molecule has 1 N–H and O–H groups in total. The van der Waals surface area contributed by atoms with E-state index in [4.69, 9.17) is 0 Å². The van der Waals surface area contributed by atoms with Crippen LogP contribution < -0.4 is 5.32 Å². The van der Waals surface area contributed by atoms with Gasteiger partial charge in [0, 0.05) is 16.4 Å². The highest BCUT2D eigenvalue weighted by molar-refractivity contribution is 14.1. The van der Waals surface area contributed by atoms with Crippen molar-refractivity contribution in [1.29, 1.82) is 10.5 Å². The van der Waals surface area contributed by atoms with E-state index >= 15 is 0 Å². The number of hydrogen-bond donors (Lipinski definition) is 1. The minimum absolute atomic E-state index is 0.0958. The summed E-state index contributed by atoms with van der Waals surface area (Å²) in [6.07, 6.45) is -3.82. The van der Waals surface area contributed by atoms with E-state index in [-0.39, 0.29) is 12.0 Å². The number of nitrogens with zero attached hydrogens (tertiary/aromatic N) is 2. The van der Waals surface area contributed by atoms with Gasteiger partial charge >= 0.3 is 6.18 Å². The Kier molecular flexibility index (Phi) is 9.39. The van der Waals surface area contributed by atoms with E-state index in [0.717, 1.165) is 27.7 Å². The van der Waals surface area contributed by atoms with Crippen molar-refractivity contribution in [2.24, 2.45) is 5.41 Å². The van der Waals surface area contributed by atoms with Crippen molar-refractivity contribution in [2.45, 2.75) is 55.8 Å². The SMILES string of the molecule is C[C@H](NC(c1cccc(C(F)(F)F)c1)C(C)(C)C#N)[C@@H](Cc1ccc(CI)cc1)c1cccc(C#N)c1. The molecular formula is C30H29F3IN3. The Morgan fingerprint density at radius 3 is 2.11 bits per heavy atom.